The first-order chi connectivity index (χ1) is 16.2. The fraction of sp³-hybridized carbons (Fsp3) is 0.148. The number of aromatic nitrogens is 3. The minimum absolute atomic E-state index is 0.0164. The molecule has 0 N–H and O–H groups in total. The Balaban J connectivity index is 1.46. The lowest BCUT2D eigenvalue weighted by atomic mass is 10.1. The molecule has 0 saturated carbocycles. The van der Waals surface area contributed by atoms with E-state index in [0.717, 1.165) is 33.5 Å². The number of rotatable bonds is 7. The van der Waals surface area contributed by atoms with Gasteiger partial charge in [0.05, 0.1) is 17.3 Å². The van der Waals surface area contributed by atoms with Gasteiger partial charge >= 0.3 is 0 Å². The topological polar surface area (TPSA) is 64.2 Å². The van der Waals surface area contributed by atoms with Crippen LogP contribution in [-0.4, -0.2) is 25.6 Å². The molecule has 2 aromatic carbocycles. The molecule has 0 aliphatic carbocycles. The highest BCUT2D eigenvalue weighted by Crippen LogP contribution is 2.30. The second-order valence-corrected chi connectivity index (χ2v) is 8.00. The van der Waals surface area contributed by atoms with Crippen LogP contribution in [0.15, 0.2) is 95.7 Å². The predicted molar refractivity (Wildman–Crippen MR) is 127 cm³/mol. The standard InChI is InChI=1S/C27H24N4O2/c1-20-26-23(24-13-8-16-33-24)14-15-28-27(26)31(29-20)19-25(32)30(17-21-9-4-2-5-10-21)18-22-11-6-3-7-12-22/h2-16H,17-19H2,1H3. The largest absolute Gasteiger partial charge is 0.464 e. The van der Waals surface area contributed by atoms with Crippen LogP contribution in [0, 0.1) is 6.92 Å². The number of amides is 1. The van der Waals surface area contributed by atoms with Crippen LogP contribution in [0.2, 0.25) is 0 Å². The summed E-state index contributed by atoms with van der Waals surface area (Å²) in [6.07, 6.45) is 3.38. The summed E-state index contributed by atoms with van der Waals surface area (Å²) in [7, 11) is 0. The summed E-state index contributed by atoms with van der Waals surface area (Å²) in [4.78, 5) is 19.9. The maximum absolute atomic E-state index is 13.5. The average Bonchev–Trinajstić information content (AvgIpc) is 3.49. The Labute approximate surface area is 192 Å². The van der Waals surface area contributed by atoms with Gasteiger partial charge in [0.2, 0.25) is 5.91 Å². The molecule has 0 unspecified atom stereocenters. The van der Waals surface area contributed by atoms with Gasteiger partial charge in [-0.1, -0.05) is 60.7 Å². The SMILES string of the molecule is Cc1nn(CC(=O)N(Cc2ccccc2)Cc2ccccc2)c2nccc(-c3ccco3)c12. The highest BCUT2D eigenvalue weighted by atomic mass is 16.3. The zero-order valence-electron chi connectivity index (χ0n) is 18.4. The summed E-state index contributed by atoms with van der Waals surface area (Å²) >= 11 is 0. The molecule has 0 radical (unpaired) electrons. The summed E-state index contributed by atoms with van der Waals surface area (Å²) in [6, 6.07) is 25.8. The Morgan fingerprint density at radius 1 is 0.909 bits per heavy atom. The van der Waals surface area contributed by atoms with Crippen molar-refractivity contribution in [3.8, 4) is 11.3 Å². The zero-order chi connectivity index (χ0) is 22.6. The van der Waals surface area contributed by atoms with E-state index in [2.05, 4.69) is 10.1 Å². The number of aryl methyl sites for hydroxylation is 1. The van der Waals surface area contributed by atoms with Crippen molar-refractivity contribution < 1.29 is 9.21 Å². The summed E-state index contributed by atoms with van der Waals surface area (Å²) in [5.74, 6) is 0.739. The lowest BCUT2D eigenvalue weighted by Gasteiger charge is -2.23. The van der Waals surface area contributed by atoms with Crippen LogP contribution in [0.1, 0.15) is 16.8 Å². The monoisotopic (exact) mass is 436 g/mol. The average molecular weight is 437 g/mol. The number of benzene rings is 2. The Morgan fingerprint density at radius 3 is 2.18 bits per heavy atom. The van der Waals surface area contributed by atoms with Gasteiger partial charge in [-0.3, -0.25) is 4.79 Å². The summed E-state index contributed by atoms with van der Waals surface area (Å²) < 4.78 is 7.30. The van der Waals surface area contributed by atoms with Crippen LogP contribution in [0.3, 0.4) is 0 Å². The van der Waals surface area contributed by atoms with E-state index >= 15 is 0 Å². The molecule has 3 heterocycles. The minimum atomic E-state index is -0.0164. The predicted octanol–water partition coefficient (Wildman–Crippen LogP) is 5.23. The van der Waals surface area contributed by atoms with E-state index in [1.807, 2.05) is 90.7 Å². The van der Waals surface area contributed by atoms with Crippen molar-refractivity contribution >= 4 is 16.9 Å². The Bertz CT molecular complexity index is 1320. The van der Waals surface area contributed by atoms with Gasteiger partial charge < -0.3 is 9.32 Å². The van der Waals surface area contributed by atoms with E-state index < -0.39 is 0 Å². The smallest absolute Gasteiger partial charge is 0.244 e. The van der Waals surface area contributed by atoms with Gasteiger partial charge in [0.1, 0.15) is 12.3 Å². The third kappa shape index (κ3) is 4.41. The molecular formula is C27H24N4O2. The molecule has 164 valence electrons. The molecule has 3 aromatic heterocycles. The van der Waals surface area contributed by atoms with Crippen molar-refractivity contribution in [1.29, 1.82) is 0 Å². The van der Waals surface area contributed by atoms with E-state index in [-0.39, 0.29) is 12.5 Å². The van der Waals surface area contributed by atoms with E-state index in [1.54, 1.807) is 17.1 Å². The van der Waals surface area contributed by atoms with Crippen LogP contribution in [0.4, 0.5) is 0 Å². The molecule has 1 amide bonds. The molecule has 0 spiro atoms. The minimum Gasteiger partial charge on any atom is -0.464 e. The third-order valence-corrected chi connectivity index (χ3v) is 5.66. The molecule has 0 aliphatic heterocycles. The van der Waals surface area contributed by atoms with E-state index in [4.69, 9.17) is 4.42 Å². The van der Waals surface area contributed by atoms with Gasteiger partial charge in [0.25, 0.3) is 0 Å². The van der Waals surface area contributed by atoms with Gasteiger partial charge in [-0.25, -0.2) is 9.67 Å². The molecule has 6 heteroatoms. The molecular weight excluding hydrogens is 412 g/mol. The maximum atomic E-state index is 13.5. The molecule has 33 heavy (non-hydrogen) atoms. The number of pyridine rings is 1. The molecule has 5 rings (SSSR count). The van der Waals surface area contributed by atoms with Gasteiger partial charge in [-0.2, -0.15) is 5.10 Å². The normalized spacial score (nSPS) is 11.1. The number of hydrogen-bond donors (Lipinski definition) is 0. The summed E-state index contributed by atoms with van der Waals surface area (Å²) in [5.41, 5.74) is 4.58. The second kappa shape index (κ2) is 9.12. The van der Waals surface area contributed by atoms with E-state index in [1.165, 1.54) is 0 Å². The lowest BCUT2D eigenvalue weighted by molar-refractivity contribution is -0.133. The number of nitrogens with zero attached hydrogens (tertiary/aromatic N) is 4. The van der Waals surface area contributed by atoms with Gasteiger partial charge in [0, 0.05) is 24.8 Å². The third-order valence-electron chi connectivity index (χ3n) is 5.66. The molecule has 0 saturated heterocycles. The Kier molecular flexibility index (Phi) is 5.72. The maximum Gasteiger partial charge on any atom is 0.244 e. The van der Waals surface area contributed by atoms with Crippen LogP contribution in [0.5, 0.6) is 0 Å². The summed E-state index contributed by atoms with van der Waals surface area (Å²) in [6.45, 7) is 3.09. The van der Waals surface area contributed by atoms with Crippen LogP contribution >= 0.6 is 0 Å². The first-order valence-corrected chi connectivity index (χ1v) is 10.9. The molecule has 6 nitrogen and oxygen atoms in total. The van der Waals surface area contributed by atoms with Crippen molar-refractivity contribution in [3.63, 3.8) is 0 Å². The van der Waals surface area contributed by atoms with Crippen LogP contribution < -0.4 is 0 Å². The van der Waals surface area contributed by atoms with Crippen molar-refractivity contribution in [2.45, 2.75) is 26.6 Å². The fourth-order valence-corrected chi connectivity index (χ4v) is 4.10. The van der Waals surface area contributed by atoms with Crippen LogP contribution in [0.25, 0.3) is 22.4 Å². The summed E-state index contributed by atoms with van der Waals surface area (Å²) in [5, 5.41) is 5.56. The fourth-order valence-electron chi connectivity index (χ4n) is 4.10. The quantitative estimate of drug-likeness (QED) is 0.350. The highest BCUT2D eigenvalue weighted by Gasteiger charge is 2.20. The Morgan fingerprint density at radius 2 is 1.58 bits per heavy atom. The number of fused-ring (bicyclic) bond motifs is 1. The van der Waals surface area contributed by atoms with Gasteiger partial charge in [0.15, 0.2) is 5.65 Å². The van der Waals surface area contributed by atoms with Crippen molar-refractivity contribution in [2.24, 2.45) is 0 Å². The van der Waals surface area contributed by atoms with E-state index in [0.29, 0.717) is 18.7 Å². The first-order valence-electron chi connectivity index (χ1n) is 10.9. The second-order valence-electron chi connectivity index (χ2n) is 8.00. The van der Waals surface area contributed by atoms with Crippen molar-refractivity contribution in [1.82, 2.24) is 19.7 Å². The van der Waals surface area contributed by atoms with Gasteiger partial charge in [-0.05, 0) is 36.2 Å². The molecule has 5 aromatic rings. The van der Waals surface area contributed by atoms with Gasteiger partial charge in [-0.15, -0.1) is 0 Å². The van der Waals surface area contributed by atoms with Crippen molar-refractivity contribution in [2.75, 3.05) is 0 Å². The van der Waals surface area contributed by atoms with Crippen molar-refractivity contribution in [3.05, 3.63) is 108 Å². The van der Waals surface area contributed by atoms with E-state index in [9.17, 15) is 4.79 Å². The molecule has 0 fully saturated rings. The molecule has 0 bridgehead atoms. The first kappa shape index (κ1) is 20.7. The van der Waals surface area contributed by atoms with Crippen LogP contribution in [-0.2, 0) is 24.4 Å². The molecule has 0 atom stereocenters. The number of furan rings is 1. The number of carbonyl (C=O) groups excluding carboxylic acids is 1. The Hall–Kier alpha value is -4.19. The zero-order valence-corrected chi connectivity index (χ0v) is 18.4. The lowest BCUT2D eigenvalue weighted by Crippen LogP contribution is -2.33. The number of hydrogen-bond acceptors (Lipinski definition) is 4. The highest BCUT2D eigenvalue weighted by molar-refractivity contribution is 5.93. The number of carbonyl (C=O) groups is 1. The molecule has 0 aliphatic rings.